The molecule has 0 amide bonds. The van der Waals surface area contributed by atoms with Gasteiger partial charge in [-0.05, 0) is 18.3 Å². The van der Waals surface area contributed by atoms with E-state index in [0.29, 0.717) is 11.8 Å². The lowest BCUT2D eigenvalue weighted by Crippen LogP contribution is -2.01. The molecule has 0 aromatic rings. The van der Waals surface area contributed by atoms with Gasteiger partial charge in [0.25, 0.3) is 0 Å². The molecule has 0 heterocycles. The third kappa shape index (κ3) is 2.75. The minimum atomic E-state index is 0.625. The molecule has 0 fully saturated rings. The molecule has 60 valence electrons. The topological polar surface area (TPSA) is 0 Å². The number of rotatable bonds is 1. The summed E-state index contributed by atoms with van der Waals surface area (Å²) in [5.74, 6) is 1.34. The lowest BCUT2D eigenvalue weighted by molar-refractivity contribution is 0.549. The second-order valence-corrected chi connectivity index (χ2v) is 3.30. The van der Waals surface area contributed by atoms with Gasteiger partial charge in [-0.3, -0.25) is 0 Å². The predicted octanol–water partition coefficient (Wildman–Crippen LogP) is 3.33. The molecular formula is C11H16. The van der Waals surface area contributed by atoms with Crippen molar-refractivity contribution >= 4 is 0 Å². The van der Waals surface area contributed by atoms with Gasteiger partial charge in [-0.2, -0.15) is 0 Å². The van der Waals surface area contributed by atoms with Crippen molar-refractivity contribution in [3.05, 3.63) is 36.5 Å². The van der Waals surface area contributed by atoms with Gasteiger partial charge >= 0.3 is 0 Å². The molecule has 0 heteroatoms. The Labute approximate surface area is 69.3 Å². The maximum absolute atomic E-state index is 2.30. The van der Waals surface area contributed by atoms with E-state index in [-0.39, 0.29) is 0 Å². The molecule has 1 aliphatic carbocycles. The van der Waals surface area contributed by atoms with Gasteiger partial charge in [-0.1, -0.05) is 50.3 Å². The highest BCUT2D eigenvalue weighted by Crippen LogP contribution is 2.15. The largest absolute Gasteiger partial charge is 0.0841 e. The Morgan fingerprint density at radius 1 is 1.09 bits per heavy atom. The van der Waals surface area contributed by atoms with Crippen LogP contribution < -0.4 is 0 Å². The first-order chi connectivity index (χ1) is 5.30. The third-order valence-corrected chi connectivity index (χ3v) is 1.98. The van der Waals surface area contributed by atoms with Crippen LogP contribution in [0.25, 0.3) is 0 Å². The second kappa shape index (κ2) is 4.17. The summed E-state index contributed by atoms with van der Waals surface area (Å²) in [5.41, 5.74) is 0. The summed E-state index contributed by atoms with van der Waals surface area (Å²) in [6.07, 6.45) is 14.3. The monoisotopic (exact) mass is 148 g/mol. The number of hydrogen-bond donors (Lipinski definition) is 0. The van der Waals surface area contributed by atoms with E-state index in [1.165, 1.54) is 0 Å². The van der Waals surface area contributed by atoms with Crippen LogP contribution in [0.3, 0.4) is 0 Å². The normalized spacial score (nSPS) is 23.7. The van der Waals surface area contributed by atoms with Crippen molar-refractivity contribution in [2.24, 2.45) is 11.8 Å². The Morgan fingerprint density at radius 2 is 1.91 bits per heavy atom. The van der Waals surface area contributed by atoms with Gasteiger partial charge in [0.15, 0.2) is 0 Å². The molecule has 1 rings (SSSR count). The highest BCUT2D eigenvalue weighted by atomic mass is 14.1. The number of allylic oxidation sites excluding steroid dienone is 6. The van der Waals surface area contributed by atoms with E-state index < -0.39 is 0 Å². The SMILES string of the molecule is CC(C)C1C=CC=CCC=C1. The summed E-state index contributed by atoms with van der Waals surface area (Å²) in [6, 6.07) is 0. The van der Waals surface area contributed by atoms with Gasteiger partial charge in [0.2, 0.25) is 0 Å². The molecule has 0 aromatic carbocycles. The molecule has 1 atom stereocenters. The zero-order chi connectivity index (χ0) is 8.10. The van der Waals surface area contributed by atoms with Crippen LogP contribution in [0.5, 0.6) is 0 Å². The van der Waals surface area contributed by atoms with Crippen molar-refractivity contribution < 1.29 is 0 Å². The summed E-state index contributed by atoms with van der Waals surface area (Å²) >= 11 is 0. The molecule has 0 saturated carbocycles. The van der Waals surface area contributed by atoms with Crippen LogP contribution in [0, 0.1) is 11.8 Å². The van der Waals surface area contributed by atoms with E-state index in [0.717, 1.165) is 6.42 Å². The lowest BCUT2D eigenvalue weighted by atomic mass is 9.94. The molecule has 0 spiro atoms. The molecule has 0 radical (unpaired) electrons. The molecule has 1 unspecified atom stereocenters. The van der Waals surface area contributed by atoms with E-state index in [1.807, 2.05) is 0 Å². The summed E-state index contributed by atoms with van der Waals surface area (Å²) < 4.78 is 0. The van der Waals surface area contributed by atoms with E-state index in [9.17, 15) is 0 Å². The standard InChI is InChI=1S/C11H16/c1-10(2)11-8-6-4-3-5-7-9-11/h3-4,6-11H,5H2,1-2H3. The summed E-state index contributed by atoms with van der Waals surface area (Å²) in [7, 11) is 0. The minimum absolute atomic E-state index is 0.625. The Balaban J connectivity index is 2.65. The van der Waals surface area contributed by atoms with E-state index >= 15 is 0 Å². The van der Waals surface area contributed by atoms with Gasteiger partial charge in [0.1, 0.15) is 0 Å². The Hall–Kier alpha value is -0.780. The number of hydrogen-bond acceptors (Lipinski definition) is 0. The fraction of sp³-hybridized carbons (Fsp3) is 0.455. The molecule has 0 aliphatic heterocycles. The minimum Gasteiger partial charge on any atom is -0.0841 e. The molecular weight excluding hydrogens is 132 g/mol. The molecule has 0 saturated heterocycles. The predicted molar refractivity (Wildman–Crippen MR) is 50.4 cm³/mol. The fourth-order valence-electron chi connectivity index (χ4n) is 1.17. The zero-order valence-electron chi connectivity index (χ0n) is 7.33. The first-order valence-corrected chi connectivity index (χ1v) is 4.30. The van der Waals surface area contributed by atoms with E-state index in [2.05, 4.69) is 50.3 Å². The van der Waals surface area contributed by atoms with Gasteiger partial charge < -0.3 is 0 Å². The van der Waals surface area contributed by atoms with Crippen LogP contribution in [0.15, 0.2) is 36.5 Å². The van der Waals surface area contributed by atoms with Crippen molar-refractivity contribution in [2.45, 2.75) is 20.3 Å². The smallest absolute Gasteiger partial charge is 0.00272 e. The molecule has 0 aromatic heterocycles. The van der Waals surface area contributed by atoms with Crippen LogP contribution in [0.1, 0.15) is 20.3 Å². The van der Waals surface area contributed by atoms with Crippen molar-refractivity contribution in [2.75, 3.05) is 0 Å². The highest BCUT2D eigenvalue weighted by molar-refractivity contribution is 5.13. The first-order valence-electron chi connectivity index (χ1n) is 4.30. The van der Waals surface area contributed by atoms with Gasteiger partial charge in [-0.25, -0.2) is 0 Å². The van der Waals surface area contributed by atoms with E-state index in [1.54, 1.807) is 0 Å². The van der Waals surface area contributed by atoms with Crippen LogP contribution in [0.4, 0.5) is 0 Å². The quantitative estimate of drug-likeness (QED) is 0.500. The van der Waals surface area contributed by atoms with Crippen LogP contribution in [0.2, 0.25) is 0 Å². The fourth-order valence-corrected chi connectivity index (χ4v) is 1.17. The average Bonchev–Trinajstić information content (AvgIpc) is 1.84. The molecule has 0 nitrogen and oxygen atoms in total. The maximum Gasteiger partial charge on any atom is -0.00272 e. The highest BCUT2D eigenvalue weighted by Gasteiger charge is 2.04. The van der Waals surface area contributed by atoms with Crippen LogP contribution in [-0.2, 0) is 0 Å². The summed E-state index contributed by atoms with van der Waals surface area (Å²) in [5, 5.41) is 0. The average molecular weight is 148 g/mol. The van der Waals surface area contributed by atoms with Crippen molar-refractivity contribution in [3.63, 3.8) is 0 Å². The zero-order valence-corrected chi connectivity index (χ0v) is 7.33. The van der Waals surface area contributed by atoms with Crippen molar-refractivity contribution in [1.29, 1.82) is 0 Å². The maximum atomic E-state index is 2.30. The lowest BCUT2D eigenvalue weighted by Gasteiger charge is -2.12. The Morgan fingerprint density at radius 3 is 2.64 bits per heavy atom. The molecule has 11 heavy (non-hydrogen) atoms. The van der Waals surface area contributed by atoms with Crippen LogP contribution >= 0.6 is 0 Å². The van der Waals surface area contributed by atoms with Crippen LogP contribution in [-0.4, -0.2) is 0 Å². The third-order valence-electron chi connectivity index (χ3n) is 1.98. The van der Waals surface area contributed by atoms with Crippen molar-refractivity contribution in [1.82, 2.24) is 0 Å². The first kappa shape index (κ1) is 8.32. The second-order valence-electron chi connectivity index (χ2n) is 3.30. The molecule has 0 N–H and O–H groups in total. The van der Waals surface area contributed by atoms with Gasteiger partial charge in [0, 0.05) is 0 Å². The Bertz CT molecular complexity index is 182. The Kier molecular flexibility index (Phi) is 3.15. The molecule has 0 bridgehead atoms. The van der Waals surface area contributed by atoms with Gasteiger partial charge in [0.05, 0.1) is 0 Å². The summed E-state index contributed by atoms with van der Waals surface area (Å²) in [6.45, 7) is 4.51. The van der Waals surface area contributed by atoms with Crippen molar-refractivity contribution in [3.8, 4) is 0 Å². The summed E-state index contributed by atoms with van der Waals surface area (Å²) in [4.78, 5) is 0. The van der Waals surface area contributed by atoms with Gasteiger partial charge in [-0.15, -0.1) is 0 Å². The van der Waals surface area contributed by atoms with E-state index in [4.69, 9.17) is 0 Å². The molecule has 1 aliphatic rings.